The number of aliphatic hydroxyl groups excluding tert-OH is 1. The van der Waals surface area contributed by atoms with Crippen molar-refractivity contribution < 1.29 is 24.5 Å². The van der Waals surface area contributed by atoms with Crippen LogP contribution < -0.4 is 20.9 Å². The number of benzene rings is 2. The number of carbonyl (C=O) groups is 2. The first kappa shape index (κ1) is 36.0. The summed E-state index contributed by atoms with van der Waals surface area (Å²) in [5.41, 5.74) is 4.96. The molecule has 0 spiro atoms. The number of hydrogen-bond donors (Lipinski definition) is 4. The zero-order valence-corrected chi connectivity index (χ0v) is 29.7. The number of fused-ring (bicyclic) bond motifs is 1. The first-order valence-corrected chi connectivity index (χ1v) is 17.0. The molecule has 0 aliphatic carbocycles. The topological polar surface area (TPSA) is 163 Å². The van der Waals surface area contributed by atoms with Crippen molar-refractivity contribution in [2.24, 2.45) is 7.05 Å². The third-order valence-corrected chi connectivity index (χ3v) is 9.75. The maximum Gasteiger partial charge on any atom is 0.306 e. The zero-order chi connectivity index (χ0) is 36.4. The number of hydrogen-bond acceptors (Lipinski definition) is 9. The Morgan fingerprint density at radius 1 is 1.10 bits per heavy atom. The molecule has 0 saturated carbocycles. The Hall–Kier alpha value is -4.79. The van der Waals surface area contributed by atoms with E-state index in [2.05, 4.69) is 20.6 Å². The molecule has 266 valence electrons. The number of nitrogens with zero attached hydrogens (tertiary/aromatic N) is 5. The van der Waals surface area contributed by atoms with Crippen molar-refractivity contribution in [3.63, 3.8) is 0 Å². The summed E-state index contributed by atoms with van der Waals surface area (Å²) >= 11 is 14.2. The summed E-state index contributed by atoms with van der Waals surface area (Å²) in [6.07, 6.45) is 1.47. The number of aliphatic hydroxyl groups is 1. The van der Waals surface area contributed by atoms with Gasteiger partial charge in [-0.2, -0.15) is 5.10 Å². The summed E-state index contributed by atoms with van der Waals surface area (Å²) in [6, 6.07) is 16.8. The van der Waals surface area contributed by atoms with E-state index < -0.39 is 18.5 Å². The molecule has 3 aromatic heterocycles. The molecule has 15 heteroatoms. The van der Waals surface area contributed by atoms with Gasteiger partial charge in [0.15, 0.2) is 0 Å². The Balaban J connectivity index is 1.27. The van der Waals surface area contributed by atoms with Crippen molar-refractivity contribution in [1.29, 1.82) is 0 Å². The largest absolute Gasteiger partial charge is 0.481 e. The molecule has 4 heterocycles. The molecule has 1 aliphatic rings. The highest BCUT2D eigenvalue weighted by Gasteiger charge is 2.25. The molecular weight excluding hydrogens is 697 g/mol. The highest BCUT2D eigenvalue weighted by Crippen LogP contribution is 2.42. The van der Waals surface area contributed by atoms with Gasteiger partial charge in [-0.15, -0.1) is 0 Å². The predicted molar refractivity (Wildman–Crippen MR) is 194 cm³/mol. The molecule has 1 amide bonds. The normalized spacial score (nSPS) is 15.0. The number of carboxylic acid groups (broad SMARTS) is 1. The van der Waals surface area contributed by atoms with Crippen molar-refractivity contribution >= 4 is 40.6 Å². The van der Waals surface area contributed by atoms with E-state index in [1.54, 1.807) is 26.4 Å². The summed E-state index contributed by atoms with van der Waals surface area (Å²) < 4.78 is 8.56. The number of amides is 1. The van der Waals surface area contributed by atoms with Crippen molar-refractivity contribution in [3.8, 4) is 39.4 Å². The highest BCUT2D eigenvalue weighted by molar-refractivity contribution is 6.39. The lowest BCUT2D eigenvalue weighted by atomic mass is 9.97. The quantitative estimate of drug-likeness (QED) is 0.137. The predicted octanol–water partition coefficient (Wildman–Crippen LogP) is 4.34. The number of ether oxygens (including phenoxy) is 1. The van der Waals surface area contributed by atoms with E-state index in [1.807, 2.05) is 55.6 Å². The highest BCUT2D eigenvalue weighted by atomic mass is 35.5. The van der Waals surface area contributed by atoms with Gasteiger partial charge in [-0.3, -0.25) is 23.9 Å². The molecule has 51 heavy (non-hydrogen) atoms. The molecule has 2 aromatic carbocycles. The van der Waals surface area contributed by atoms with Crippen LogP contribution in [0.5, 0.6) is 5.88 Å². The third-order valence-electron chi connectivity index (χ3n) is 8.94. The van der Waals surface area contributed by atoms with Crippen molar-refractivity contribution in [2.75, 3.05) is 20.7 Å². The van der Waals surface area contributed by atoms with Gasteiger partial charge in [-0.05, 0) is 25.6 Å². The van der Waals surface area contributed by atoms with E-state index in [0.717, 1.165) is 12.0 Å². The SMILES string of the molecule is COc1nc(-c2cccc(-c3cccc(-c4cc5c(=O)n(C)c(CNC[C@@H](O)CC(=O)O)nn5c4)c3Cl)c2Cl)ccc1CN(C)[C@H]1CCC(=O)N1. The number of rotatable bonds is 13. The van der Waals surface area contributed by atoms with Gasteiger partial charge in [-0.25, -0.2) is 9.50 Å². The molecule has 1 aliphatic heterocycles. The molecule has 1 fully saturated rings. The summed E-state index contributed by atoms with van der Waals surface area (Å²) in [5.74, 6) is -0.200. The first-order valence-electron chi connectivity index (χ1n) is 16.3. The lowest BCUT2D eigenvalue weighted by Crippen LogP contribution is -2.40. The molecule has 1 saturated heterocycles. The average Bonchev–Trinajstić information content (AvgIpc) is 3.74. The molecule has 0 bridgehead atoms. The second-order valence-corrected chi connectivity index (χ2v) is 13.2. The van der Waals surface area contributed by atoms with E-state index in [4.69, 9.17) is 38.0 Å². The van der Waals surface area contributed by atoms with Gasteiger partial charge in [0.2, 0.25) is 11.8 Å². The fraction of sp³-hybridized carbons (Fsp3) is 0.306. The lowest BCUT2D eigenvalue weighted by molar-refractivity contribution is -0.139. The number of carboxylic acids is 1. The van der Waals surface area contributed by atoms with Gasteiger partial charge in [0.05, 0.1) is 48.1 Å². The minimum absolute atomic E-state index is 0.0260. The van der Waals surface area contributed by atoms with E-state index in [0.29, 0.717) is 73.7 Å². The molecule has 0 radical (unpaired) electrons. The molecule has 4 N–H and O–H groups in total. The number of methoxy groups -OCH3 is 1. The van der Waals surface area contributed by atoms with Crippen LogP contribution in [0.2, 0.25) is 10.0 Å². The average molecular weight is 735 g/mol. The Labute approximate surface area is 303 Å². The van der Waals surface area contributed by atoms with Crippen molar-refractivity contribution in [3.05, 3.63) is 92.6 Å². The van der Waals surface area contributed by atoms with Crippen LogP contribution in [0.15, 0.2) is 65.6 Å². The zero-order valence-electron chi connectivity index (χ0n) is 28.2. The van der Waals surface area contributed by atoms with Gasteiger partial charge >= 0.3 is 5.97 Å². The van der Waals surface area contributed by atoms with Gasteiger partial charge in [0.1, 0.15) is 11.3 Å². The monoisotopic (exact) mass is 733 g/mol. The molecule has 0 unspecified atom stereocenters. The third kappa shape index (κ3) is 7.63. The number of carbonyl (C=O) groups excluding carboxylic acids is 1. The van der Waals surface area contributed by atoms with Crippen LogP contribution in [0.3, 0.4) is 0 Å². The maximum atomic E-state index is 13.3. The summed E-state index contributed by atoms with van der Waals surface area (Å²) in [7, 11) is 5.12. The fourth-order valence-electron chi connectivity index (χ4n) is 6.23. The number of aromatic nitrogens is 4. The Kier molecular flexibility index (Phi) is 10.7. The Morgan fingerprint density at radius 3 is 2.45 bits per heavy atom. The smallest absolute Gasteiger partial charge is 0.306 e. The van der Waals surface area contributed by atoms with Crippen LogP contribution >= 0.6 is 23.2 Å². The van der Waals surface area contributed by atoms with Crippen LogP contribution in [0.4, 0.5) is 0 Å². The number of nitrogens with one attached hydrogen (secondary N) is 2. The lowest BCUT2D eigenvalue weighted by Gasteiger charge is -2.24. The van der Waals surface area contributed by atoms with E-state index in [1.165, 1.54) is 9.08 Å². The Morgan fingerprint density at radius 2 is 1.78 bits per heavy atom. The minimum atomic E-state index is -1.10. The van der Waals surface area contributed by atoms with Crippen molar-refractivity contribution in [2.45, 2.75) is 44.6 Å². The Bertz CT molecular complexity index is 2190. The fourth-order valence-corrected chi connectivity index (χ4v) is 6.89. The van der Waals surface area contributed by atoms with Crippen LogP contribution in [0, 0.1) is 0 Å². The first-order chi connectivity index (χ1) is 24.4. The number of aliphatic carboxylic acids is 1. The second-order valence-electron chi connectivity index (χ2n) is 12.5. The molecular formula is C36H37Cl2N7O6. The standard InChI is InChI=1S/C36H37Cl2N7O6/c1-43(29-12-13-31(47)41-29)18-20-10-11-27(40-35(20)51-3)26-9-5-8-25(34(26)38)24-7-4-6-23(33(24)37)21-14-28-36(50)44(2)30(42-45(28)19-21)17-39-16-22(46)15-32(48)49/h4-11,14,19,22,29,39,46H,12-13,15-18H2,1-3H3,(H,41,47)(H,48,49)/t22-,29-/m0/s1. The van der Waals surface area contributed by atoms with Gasteiger partial charge in [0, 0.05) is 66.1 Å². The van der Waals surface area contributed by atoms with E-state index >= 15 is 0 Å². The van der Waals surface area contributed by atoms with E-state index in [9.17, 15) is 19.5 Å². The van der Waals surface area contributed by atoms with Crippen LogP contribution in [0.25, 0.3) is 39.0 Å². The maximum absolute atomic E-state index is 13.3. The molecule has 6 rings (SSSR count). The minimum Gasteiger partial charge on any atom is -0.481 e. The van der Waals surface area contributed by atoms with E-state index in [-0.39, 0.29) is 30.7 Å². The summed E-state index contributed by atoms with van der Waals surface area (Å²) in [5, 5.41) is 30.1. The second kappa shape index (κ2) is 15.2. The van der Waals surface area contributed by atoms with Gasteiger partial charge < -0.3 is 25.6 Å². The van der Waals surface area contributed by atoms with Crippen LogP contribution in [0.1, 0.15) is 30.7 Å². The molecule has 5 aromatic rings. The summed E-state index contributed by atoms with van der Waals surface area (Å²) in [6.45, 7) is 0.695. The van der Waals surface area contributed by atoms with Crippen LogP contribution in [-0.4, -0.2) is 79.1 Å². The number of pyridine rings is 1. The van der Waals surface area contributed by atoms with Gasteiger partial charge in [-0.1, -0.05) is 65.7 Å². The van der Waals surface area contributed by atoms with Crippen LogP contribution in [-0.2, 0) is 29.7 Å². The summed E-state index contributed by atoms with van der Waals surface area (Å²) in [4.78, 5) is 42.7. The molecule has 13 nitrogen and oxygen atoms in total. The van der Waals surface area contributed by atoms with Gasteiger partial charge in [0.25, 0.3) is 5.56 Å². The molecule has 2 atom stereocenters. The number of halogens is 2. The van der Waals surface area contributed by atoms with Crippen molar-refractivity contribution in [1.82, 2.24) is 34.7 Å².